The van der Waals surface area contributed by atoms with E-state index in [1.807, 2.05) is 0 Å². The number of carbonyl (C=O) groups excluding carboxylic acids is 1. The molecule has 0 bridgehead atoms. The second-order valence-corrected chi connectivity index (χ2v) is 4.25. The van der Waals surface area contributed by atoms with Gasteiger partial charge in [0.2, 0.25) is 0 Å². The van der Waals surface area contributed by atoms with Gasteiger partial charge in [0.15, 0.2) is 0 Å². The van der Waals surface area contributed by atoms with Crippen LogP contribution in [0.2, 0.25) is 0 Å². The second kappa shape index (κ2) is 9.18. The minimum absolute atomic E-state index is 0.317. The normalized spacial score (nSPS) is 11.1. The molecule has 4 N–H and O–H groups in total. The molecule has 7 nitrogen and oxygen atoms in total. The summed E-state index contributed by atoms with van der Waals surface area (Å²) >= 11 is 1.44. The van der Waals surface area contributed by atoms with Crippen LogP contribution < -0.4 is 10.6 Å². The fourth-order valence-electron chi connectivity index (χ4n) is 0.952. The minimum Gasteiger partial charge on any atom is -0.481 e. The number of nitrogens with one attached hydrogen (secondary N) is 2. The van der Waals surface area contributed by atoms with Crippen LogP contribution in [0.15, 0.2) is 0 Å². The van der Waals surface area contributed by atoms with E-state index in [1.165, 1.54) is 11.8 Å². The van der Waals surface area contributed by atoms with Crippen LogP contribution >= 0.6 is 11.8 Å². The molecule has 1 atom stereocenters. The Morgan fingerprint density at radius 2 is 2.00 bits per heavy atom. The first-order valence-electron chi connectivity index (χ1n) is 4.97. The Bertz CT molecular complexity index is 353. The molecule has 2 amide bonds. The summed E-state index contributed by atoms with van der Waals surface area (Å²) in [5.74, 6) is 0.843. The smallest absolute Gasteiger partial charge is 0.326 e. The van der Waals surface area contributed by atoms with Crippen LogP contribution in [0, 0.1) is 12.3 Å². The lowest BCUT2D eigenvalue weighted by molar-refractivity contribution is -0.145. The Hall–Kier alpha value is -1.88. The van der Waals surface area contributed by atoms with Crippen molar-refractivity contribution in [1.82, 2.24) is 10.6 Å². The van der Waals surface area contributed by atoms with Crippen molar-refractivity contribution in [2.75, 3.05) is 18.1 Å². The molecular weight excluding hydrogens is 260 g/mol. The predicted molar refractivity (Wildman–Crippen MR) is 66.4 cm³/mol. The van der Waals surface area contributed by atoms with Crippen LogP contribution in [0.5, 0.6) is 0 Å². The number of hydrogen-bond acceptors (Lipinski definition) is 4. The maximum Gasteiger partial charge on any atom is 0.326 e. The average molecular weight is 274 g/mol. The zero-order valence-electron chi connectivity index (χ0n) is 9.51. The summed E-state index contributed by atoms with van der Waals surface area (Å²) in [5, 5.41) is 21.6. The van der Waals surface area contributed by atoms with Crippen LogP contribution in [-0.2, 0) is 9.59 Å². The maximum absolute atomic E-state index is 11.2. The van der Waals surface area contributed by atoms with Gasteiger partial charge in [-0.05, 0) is 0 Å². The summed E-state index contributed by atoms with van der Waals surface area (Å²) in [7, 11) is 0. The number of amides is 2. The Labute approximate surface area is 108 Å². The molecule has 0 spiro atoms. The van der Waals surface area contributed by atoms with Gasteiger partial charge in [0.1, 0.15) is 6.04 Å². The molecular formula is C10H14N2O5S. The molecule has 0 radical (unpaired) electrons. The van der Waals surface area contributed by atoms with Crippen molar-refractivity contribution in [3.8, 4) is 12.3 Å². The summed E-state index contributed by atoms with van der Waals surface area (Å²) in [6, 6.07) is -2.16. The van der Waals surface area contributed by atoms with E-state index < -0.39 is 30.4 Å². The maximum atomic E-state index is 11.2. The predicted octanol–water partition coefficient (Wildman–Crippen LogP) is -0.420. The highest BCUT2D eigenvalue weighted by molar-refractivity contribution is 7.99. The topological polar surface area (TPSA) is 116 Å². The van der Waals surface area contributed by atoms with E-state index in [0.717, 1.165) is 0 Å². The fourth-order valence-corrected chi connectivity index (χ4v) is 1.46. The molecule has 0 fully saturated rings. The Morgan fingerprint density at radius 3 is 2.50 bits per heavy atom. The van der Waals surface area contributed by atoms with Crippen LogP contribution in [0.1, 0.15) is 6.42 Å². The van der Waals surface area contributed by atoms with Crippen LogP contribution in [0.3, 0.4) is 0 Å². The lowest BCUT2D eigenvalue weighted by Crippen LogP contribution is -2.47. The van der Waals surface area contributed by atoms with Gasteiger partial charge in [-0.2, -0.15) is 0 Å². The Morgan fingerprint density at radius 1 is 1.33 bits per heavy atom. The first kappa shape index (κ1) is 16.1. The third-order valence-electron chi connectivity index (χ3n) is 1.70. The lowest BCUT2D eigenvalue weighted by atomic mass is 10.2. The molecule has 0 saturated heterocycles. The van der Waals surface area contributed by atoms with Gasteiger partial charge in [0.05, 0.1) is 12.2 Å². The second-order valence-electron chi connectivity index (χ2n) is 3.15. The van der Waals surface area contributed by atoms with Crippen molar-refractivity contribution < 1.29 is 24.6 Å². The first-order valence-corrected chi connectivity index (χ1v) is 6.13. The van der Waals surface area contributed by atoms with E-state index in [0.29, 0.717) is 18.1 Å². The summed E-state index contributed by atoms with van der Waals surface area (Å²) in [6.45, 7) is 0.317. The number of hydrogen-bond donors (Lipinski definition) is 4. The van der Waals surface area contributed by atoms with Crippen molar-refractivity contribution in [1.29, 1.82) is 0 Å². The van der Waals surface area contributed by atoms with Gasteiger partial charge in [-0.3, -0.25) is 4.79 Å². The quantitative estimate of drug-likeness (QED) is 0.353. The van der Waals surface area contributed by atoms with Gasteiger partial charge >= 0.3 is 18.0 Å². The van der Waals surface area contributed by atoms with E-state index in [1.54, 1.807) is 0 Å². The molecule has 0 unspecified atom stereocenters. The molecule has 0 heterocycles. The van der Waals surface area contributed by atoms with Gasteiger partial charge in [-0.15, -0.1) is 18.2 Å². The van der Waals surface area contributed by atoms with Crippen LogP contribution in [0.4, 0.5) is 4.79 Å². The van der Waals surface area contributed by atoms with Gasteiger partial charge in [-0.25, -0.2) is 9.59 Å². The van der Waals surface area contributed by atoms with Crippen LogP contribution in [-0.4, -0.2) is 52.3 Å². The number of carboxylic acids is 2. The standard InChI is InChI=1S/C10H14N2O5S/c1-2-4-18-5-3-11-10(17)12-7(9(15)16)6-8(13)14/h1,7H,3-6H2,(H,13,14)(H,15,16)(H2,11,12,17)/t7-/m1/s1. The highest BCUT2D eigenvalue weighted by Gasteiger charge is 2.22. The molecule has 0 aliphatic carbocycles. The first-order chi connectivity index (χ1) is 8.47. The lowest BCUT2D eigenvalue weighted by Gasteiger charge is -2.12. The largest absolute Gasteiger partial charge is 0.481 e. The number of terminal acetylenes is 1. The number of carboxylic acid groups (broad SMARTS) is 2. The molecule has 18 heavy (non-hydrogen) atoms. The van der Waals surface area contributed by atoms with Gasteiger partial charge in [0.25, 0.3) is 0 Å². The fraction of sp³-hybridized carbons (Fsp3) is 0.500. The molecule has 0 aromatic rings. The molecule has 0 aromatic carbocycles. The molecule has 8 heteroatoms. The number of aliphatic carboxylic acids is 2. The summed E-state index contributed by atoms with van der Waals surface area (Å²) in [6.07, 6.45) is 4.35. The van der Waals surface area contributed by atoms with Crippen molar-refractivity contribution in [3.05, 3.63) is 0 Å². The van der Waals surface area contributed by atoms with E-state index >= 15 is 0 Å². The summed E-state index contributed by atoms with van der Waals surface area (Å²) < 4.78 is 0. The number of carbonyl (C=O) groups is 3. The van der Waals surface area contributed by atoms with Crippen LogP contribution in [0.25, 0.3) is 0 Å². The Balaban J connectivity index is 3.92. The Kier molecular flexibility index (Phi) is 8.22. The third-order valence-corrected chi connectivity index (χ3v) is 2.56. The van der Waals surface area contributed by atoms with E-state index in [-0.39, 0.29) is 0 Å². The minimum atomic E-state index is -1.44. The molecule has 0 aliphatic rings. The van der Waals surface area contributed by atoms with Gasteiger partial charge in [0, 0.05) is 12.3 Å². The SMILES string of the molecule is C#CCSCCNC(=O)N[C@H](CC(=O)O)C(=O)O. The van der Waals surface area contributed by atoms with E-state index in [4.69, 9.17) is 16.6 Å². The average Bonchev–Trinajstić information content (AvgIpc) is 2.27. The monoisotopic (exact) mass is 274 g/mol. The zero-order chi connectivity index (χ0) is 14.0. The zero-order valence-corrected chi connectivity index (χ0v) is 10.3. The van der Waals surface area contributed by atoms with Crippen molar-refractivity contribution >= 4 is 29.7 Å². The molecule has 0 rings (SSSR count). The van der Waals surface area contributed by atoms with Crippen molar-refractivity contribution in [2.24, 2.45) is 0 Å². The van der Waals surface area contributed by atoms with E-state index in [2.05, 4.69) is 16.6 Å². The number of urea groups is 1. The third kappa shape index (κ3) is 8.29. The highest BCUT2D eigenvalue weighted by Crippen LogP contribution is 1.96. The summed E-state index contributed by atoms with van der Waals surface area (Å²) in [5.41, 5.74) is 0. The van der Waals surface area contributed by atoms with Gasteiger partial charge in [-0.1, -0.05) is 5.92 Å². The molecule has 0 aliphatic heterocycles. The van der Waals surface area contributed by atoms with Crippen molar-refractivity contribution in [2.45, 2.75) is 12.5 Å². The summed E-state index contributed by atoms with van der Waals surface area (Å²) in [4.78, 5) is 32.3. The number of thioether (sulfide) groups is 1. The molecule has 0 saturated carbocycles. The van der Waals surface area contributed by atoms with Crippen molar-refractivity contribution in [3.63, 3.8) is 0 Å². The van der Waals surface area contributed by atoms with Gasteiger partial charge < -0.3 is 20.8 Å². The van der Waals surface area contributed by atoms with E-state index in [9.17, 15) is 14.4 Å². The number of rotatable bonds is 8. The molecule has 100 valence electrons. The highest BCUT2D eigenvalue weighted by atomic mass is 32.2. The molecule has 0 aromatic heterocycles.